The van der Waals surface area contributed by atoms with E-state index in [0.717, 1.165) is 31.0 Å². The third-order valence-electron chi connectivity index (χ3n) is 5.08. The molecule has 0 bridgehead atoms. The zero-order valence-corrected chi connectivity index (χ0v) is 15.3. The van der Waals surface area contributed by atoms with Crippen LogP contribution in [0.25, 0.3) is 0 Å². The molecular formula is C21H20F3NO3. The van der Waals surface area contributed by atoms with E-state index in [0.29, 0.717) is 12.8 Å². The van der Waals surface area contributed by atoms with Crippen LogP contribution in [0.1, 0.15) is 38.2 Å². The van der Waals surface area contributed by atoms with Crippen LogP contribution >= 0.6 is 0 Å². The number of hydrogen-bond acceptors (Lipinski definition) is 3. The number of benzene rings is 2. The molecular weight excluding hydrogens is 371 g/mol. The minimum Gasteiger partial charge on any atom is -0.452 e. The Morgan fingerprint density at radius 1 is 1.04 bits per heavy atom. The first-order valence-corrected chi connectivity index (χ1v) is 9.05. The van der Waals surface area contributed by atoms with Crippen molar-refractivity contribution in [2.45, 2.75) is 44.1 Å². The van der Waals surface area contributed by atoms with Crippen LogP contribution in [0.5, 0.6) is 0 Å². The van der Waals surface area contributed by atoms with Crippen molar-refractivity contribution >= 4 is 17.6 Å². The summed E-state index contributed by atoms with van der Waals surface area (Å²) in [6, 6.07) is 8.66. The van der Waals surface area contributed by atoms with Gasteiger partial charge in [-0.05, 0) is 38.0 Å². The average Bonchev–Trinajstić information content (AvgIpc) is 3.16. The van der Waals surface area contributed by atoms with Gasteiger partial charge in [0.25, 0.3) is 5.91 Å². The molecule has 1 atom stereocenters. The lowest BCUT2D eigenvalue weighted by molar-refractivity contribution is -0.159. The van der Waals surface area contributed by atoms with E-state index in [1.54, 1.807) is 12.1 Å². The molecule has 1 fully saturated rings. The molecule has 0 aliphatic heterocycles. The molecule has 2 aromatic rings. The summed E-state index contributed by atoms with van der Waals surface area (Å²) in [4.78, 5) is 25.2. The van der Waals surface area contributed by atoms with Gasteiger partial charge >= 0.3 is 5.97 Å². The van der Waals surface area contributed by atoms with Gasteiger partial charge in [-0.25, -0.2) is 13.2 Å². The van der Waals surface area contributed by atoms with Gasteiger partial charge in [0.15, 0.2) is 6.10 Å². The lowest BCUT2D eigenvalue weighted by Gasteiger charge is -2.29. The number of ether oxygens (including phenoxy) is 1. The van der Waals surface area contributed by atoms with Crippen molar-refractivity contribution in [2.24, 2.45) is 0 Å². The third-order valence-corrected chi connectivity index (χ3v) is 5.08. The molecule has 7 heteroatoms. The fourth-order valence-corrected chi connectivity index (χ4v) is 3.57. The molecule has 0 saturated heterocycles. The Kier molecular flexibility index (Phi) is 5.72. The third kappa shape index (κ3) is 3.88. The molecule has 148 valence electrons. The number of halogens is 3. The second-order valence-electron chi connectivity index (χ2n) is 6.93. The van der Waals surface area contributed by atoms with Gasteiger partial charge in [0.2, 0.25) is 0 Å². The van der Waals surface area contributed by atoms with Crippen LogP contribution in [0, 0.1) is 17.5 Å². The van der Waals surface area contributed by atoms with Crippen LogP contribution in [0.4, 0.5) is 18.9 Å². The summed E-state index contributed by atoms with van der Waals surface area (Å²) < 4.78 is 46.6. The van der Waals surface area contributed by atoms with E-state index in [1.807, 2.05) is 0 Å². The maximum absolute atomic E-state index is 14.3. The molecule has 1 N–H and O–H groups in total. The normalized spacial score (nSPS) is 16.4. The molecule has 3 rings (SSSR count). The minimum absolute atomic E-state index is 0.251. The van der Waals surface area contributed by atoms with Gasteiger partial charge in [0.05, 0.1) is 11.1 Å². The first kappa shape index (κ1) is 19.9. The van der Waals surface area contributed by atoms with Gasteiger partial charge in [0.1, 0.15) is 17.5 Å². The summed E-state index contributed by atoms with van der Waals surface area (Å²) in [5.41, 5.74) is -1.25. The Hall–Kier alpha value is -2.83. The van der Waals surface area contributed by atoms with E-state index in [-0.39, 0.29) is 11.3 Å². The predicted molar refractivity (Wildman–Crippen MR) is 97.1 cm³/mol. The van der Waals surface area contributed by atoms with Gasteiger partial charge < -0.3 is 10.1 Å². The molecule has 28 heavy (non-hydrogen) atoms. The van der Waals surface area contributed by atoms with E-state index < -0.39 is 40.8 Å². The fraction of sp³-hybridized carbons (Fsp3) is 0.333. The second kappa shape index (κ2) is 8.04. The van der Waals surface area contributed by atoms with Gasteiger partial charge in [-0.1, -0.05) is 31.0 Å². The van der Waals surface area contributed by atoms with Crippen molar-refractivity contribution in [1.29, 1.82) is 0 Å². The molecule has 0 heterocycles. The first-order chi connectivity index (χ1) is 13.3. The van der Waals surface area contributed by atoms with E-state index in [1.165, 1.54) is 19.1 Å². The van der Waals surface area contributed by atoms with Gasteiger partial charge in [-0.3, -0.25) is 9.59 Å². The first-order valence-electron chi connectivity index (χ1n) is 9.05. The maximum atomic E-state index is 14.3. The highest BCUT2D eigenvalue weighted by atomic mass is 19.1. The lowest BCUT2D eigenvalue weighted by Crippen LogP contribution is -2.40. The van der Waals surface area contributed by atoms with Crippen molar-refractivity contribution < 1.29 is 27.5 Å². The van der Waals surface area contributed by atoms with Crippen molar-refractivity contribution in [3.8, 4) is 0 Å². The number of amides is 1. The van der Waals surface area contributed by atoms with E-state index in [4.69, 9.17) is 4.74 Å². The summed E-state index contributed by atoms with van der Waals surface area (Å²) in [6.45, 7) is 1.33. The van der Waals surface area contributed by atoms with Gasteiger partial charge in [0, 0.05) is 11.6 Å². The van der Waals surface area contributed by atoms with Crippen molar-refractivity contribution in [3.63, 3.8) is 0 Å². The summed E-state index contributed by atoms with van der Waals surface area (Å²) in [6.07, 6.45) is 1.04. The minimum atomic E-state index is -1.26. The van der Waals surface area contributed by atoms with Gasteiger partial charge in [-0.15, -0.1) is 0 Å². The topological polar surface area (TPSA) is 55.4 Å². The fourth-order valence-electron chi connectivity index (χ4n) is 3.57. The van der Waals surface area contributed by atoms with E-state index in [9.17, 15) is 22.8 Å². The van der Waals surface area contributed by atoms with E-state index >= 15 is 0 Å². The molecule has 0 unspecified atom stereocenters. The number of esters is 1. The summed E-state index contributed by atoms with van der Waals surface area (Å²) in [7, 11) is 0. The SMILES string of the molecule is C[C@@H](OC(=O)C1(c2ccccc2F)CCCC1)C(=O)Nc1cc(F)ccc1F. The number of anilines is 1. The zero-order valence-electron chi connectivity index (χ0n) is 15.3. The average molecular weight is 391 g/mol. The Bertz CT molecular complexity index is 894. The largest absolute Gasteiger partial charge is 0.452 e. The highest BCUT2D eigenvalue weighted by molar-refractivity contribution is 5.96. The smallest absolute Gasteiger partial charge is 0.317 e. The standard InChI is InChI=1S/C21H20F3NO3/c1-13(19(26)25-18-12-14(22)8-9-17(18)24)28-20(27)21(10-4-5-11-21)15-6-2-3-7-16(15)23/h2-3,6-9,12-13H,4-5,10-11H2,1H3,(H,25,26)/t13-/m1/s1. The maximum Gasteiger partial charge on any atom is 0.317 e. The number of carbonyl (C=O) groups excluding carboxylic acids is 2. The Labute approximate surface area is 160 Å². The molecule has 1 aliphatic rings. The Morgan fingerprint density at radius 3 is 2.39 bits per heavy atom. The van der Waals surface area contributed by atoms with Crippen molar-refractivity contribution in [3.05, 3.63) is 65.5 Å². The monoisotopic (exact) mass is 391 g/mol. The number of rotatable bonds is 5. The van der Waals surface area contributed by atoms with Crippen LogP contribution in [0.15, 0.2) is 42.5 Å². The quantitative estimate of drug-likeness (QED) is 0.765. The molecule has 0 spiro atoms. The van der Waals surface area contributed by atoms with Crippen LogP contribution in [0.3, 0.4) is 0 Å². The predicted octanol–water partition coefficient (Wildman–Crippen LogP) is 4.49. The lowest BCUT2D eigenvalue weighted by atomic mass is 9.78. The molecule has 1 amide bonds. The highest BCUT2D eigenvalue weighted by Crippen LogP contribution is 2.43. The summed E-state index contributed by atoms with van der Waals surface area (Å²) >= 11 is 0. The molecule has 0 aromatic heterocycles. The van der Waals surface area contributed by atoms with Crippen LogP contribution in [-0.4, -0.2) is 18.0 Å². The summed E-state index contributed by atoms with van der Waals surface area (Å²) in [5.74, 6) is -3.53. The molecule has 2 aromatic carbocycles. The highest BCUT2D eigenvalue weighted by Gasteiger charge is 2.46. The summed E-state index contributed by atoms with van der Waals surface area (Å²) in [5, 5.41) is 2.21. The van der Waals surface area contributed by atoms with Crippen LogP contribution in [0.2, 0.25) is 0 Å². The molecule has 1 aliphatic carbocycles. The Morgan fingerprint density at radius 2 is 1.71 bits per heavy atom. The zero-order chi connectivity index (χ0) is 20.3. The van der Waals surface area contributed by atoms with E-state index in [2.05, 4.69) is 5.32 Å². The van der Waals surface area contributed by atoms with Crippen molar-refractivity contribution in [1.82, 2.24) is 0 Å². The molecule has 0 radical (unpaired) electrons. The second-order valence-corrected chi connectivity index (χ2v) is 6.93. The van der Waals surface area contributed by atoms with Gasteiger partial charge in [-0.2, -0.15) is 0 Å². The molecule has 1 saturated carbocycles. The Balaban J connectivity index is 1.76. The number of carbonyl (C=O) groups is 2. The molecule has 4 nitrogen and oxygen atoms in total. The van der Waals surface area contributed by atoms with Crippen LogP contribution < -0.4 is 5.32 Å². The van der Waals surface area contributed by atoms with Crippen LogP contribution in [-0.2, 0) is 19.7 Å². The number of hydrogen-bond donors (Lipinski definition) is 1. The van der Waals surface area contributed by atoms with Crippen molar-refractivity contribution in [2.75, 3.05) is 5.32 Å². The number of nitrogens with one attached hydrogen (secondary N) is 1.